The summed E-state index contributed by atoms with van der Waals surface area (Å²) in [5.74, 6) is -0.606. The van der Waals surface area contributed by atoms with Crippen LogP contribution in [-0.4, -0.2) is 54.9 Å². The molecule has 1 N–H and O–H groups in total. The molecule has 2 heterocycles. The third-order valence-electron chi connectivity index (χ3n) is 4.14. The molecule has 1 aliphatic rings. The highest BCUT2D eigenvalue weighted by molar-refractivity contribution is 5.92. The molecule has 0 atom stereocenters. The highest BCUT2D eigenvalue weighted by Gasteiger charge is 2.31. The number of aromatic nitrogens is 1. The van der Waals surface area contributed by atoms with Gasteiger partial charge in [0.15, 0.2) is 0 Å². The molecule has 10 heteroatoms. The van der Waals surface area contributed by atoms with Gasteiger partial charge in [0.1, 0.15) is 11.6 Å². The Bertz CT molecular complexity index is 806. The van der Waals surface area contributed by atoms with E-state index in [9.17, 15) is 22.4 Å². The molecule has 0 aliphatic carbocycles. The van der Waals surface area contributed by atoms with E-state index in [-0.39, 0.29) is 18.2 Å². The fourth-order valence-corrected chi connectivity index (χ4v) is 2.85. The lowest BCUT2D eigenvalue weighted by Gasteiger charge is -2.34. The van der Waals surface area contributed by atoms with Crippen molar-refractivity contribution in [3.63, 3.8) is 0 Å². The third-order valence-corrected chi connectivity index (χ3v) is 4.14. The van der Waals surface area contributed by atoms with Gasteiger partial charge in [0.2, 0.25) is 11.9 Å². The standard InChI is InChI=1S/C18H18F4N4O2/c19-15-2-1-3-16(24-15)26-10-8-25(9-11-26)12-17(27)23-13-4-6-14(7-5-13)28-18(20,21)22/h1-7H,8-12H2,(H,23,27). The van der Waals surface area contributed by atoms with Crippen LogP contribution in [0, 0.1) is 5.95 Å². The van der Waals surface area contributed by atoms with Crippen LogP contribution < -0.4 is 15.0 Å². The molecular weight excluding hydrogens is 380 g/mol. The molecule has 0 radical (unpaired) electrons. The predicted octanol–water partition coefficient (Wildman–Crippen LogP) is 2.88. The van der Waals surface area contributed by atoms with E-state index in [0.29, 0.717) is 37.7 Å². The molecule has 0 saturated carbocycles. The lowest BCUT2D eigenvalue weighted by molar-refractivity contribution is -0.274. The SMILES string of the molecule is O=C(CN1CCN(c2cccc(F)n2)CC1)Nc1ccc(OC(F)(F)F)cc1. The highest BCUT2D eigenvalue weighted by Crippen LogP contribution is 2.24. The zero-order valence-electron chi connectivity index (χ0n) is 14.7. The van der Waals surface area contributed by atoms with E-state index in [4.69, 9.17) is 0 Å². The summed E-state index contributed by atoms with van der Waals surface area (Å²) in [7, 11) is 0. The zero-order valence-corrected chi connectivity index (χ0v) is 14.7. The zero-order chi connectivity index (χ0) is 20.1. The number of carbonyl (C=O) groups is 1. The van der Waals surface area contributed by atoms with E-state index in [1.165, 1.54) is 18.2 Å². The summed E-state index contributed by atoms with van der Waals surface area (Å²) < 4.78 is 53.4. The maximum Gasteiger partial charge on any atom is 0.573 e. The summed E-state index contributed by atoms with van der Waals surface area (Å²) in [5.41, 5.74) is 0.377. The van der Waals surface area contributed by atoms with Crippen molar-refractivity contribution in [1.82, 2.24) is 9.88 Å². The number of nitrogens with one attached hydrogen (secondary N) is 1. The van der Waals surface area contributed by atoms with E-state index in [1.807, 2.05) is 9.80 Å². The van der Waals surface area contributed by atoms with Gasteiger partial charge in [0.05, 0.1) is 6.54 Å². The van der Waals surface area contributed by atoms with Crippen LogP contribution in [0.2, 0.25) is 0 Å². The van der Waals surface area contributed by atoms with Crippen LogP contribution in [0.3, 0.4) is 0 Å². The number of carbonyl (C=O) groups excluding carboxylic acids is 1. The van der Waals surface area contributed by atoms with Crippen molar-refractivity contribution in [3.8, 4) is 5.75 Å². The smallest absolute Gasteiger partial charge is 0.406 e. The van der Waals surface area contributed by atoms with Crippen LogP contribution in [0.25, 0.3) is 0 Å². The maximum absolute atomic E-state index is 13.2. The van der Waals surface area contributed by atoms with Gasteiger partial charge in [-0.25, -0.2) is 4.98 Å². The van der Waals surface area contributed by atoms with E-state index in [0.717, 1.165) is 12.1 Å². The number of benzene rings is 1. The Balaban J connectivity index is 1.46. The summed E-state index contributed by atoms with van der Waals surface area (Å²) in [6, 6.07) is 9.56. The number of pyridine rings is 1. The molecule has 1 fully saturated rings. The molecule has 0 bridgehead atoms. The molecule has 1 aliphatic heterocycles. The van der Waals surface area contributed by atoms with Gasteiger partial charge in [-0.3, -0.25) is 9.69 Å². The minimum Gasteiger partial charge on any atom is -0.406 e. The molecule has 6 nitrogen and oxygen atoms in total. The molecule has 1 amide bonds. The number of amides is 1. The van der Waals surface area contributed by atoms with Gasteiger partial charge in [0.25, 0.3) is 0 Å². The van der Waals surface area contributed by atoms with Crippen molar-refractivity contribution < 1.29 is 27.1 Å². The Kier molecular flexibility index (Phi) is 5.98. The van der Waals surface area contributed by atoms with Crippen LogP contribution in [0.15, 0.2) is 42.5 Å². The number of hydrogen-bond donors (Lipinski definition) is 1. The first-order chi connectivity index (χ1) is 13.3. The molecule has 150 valence electrons. The second-order valence-corrected chi connectivity index (χ2v) is 6.20. The molecule has 3 rings (SSSR count). The van der Waals surface area contributed by atoms with Crippen LogP contribution in [0.4, 0.5) is 29.1 Å². The Hall–Kier alpha value is -2.88. The van der Waals surface area contributed by atoms with Crippen LogP contribution >= 0.6 is 0 Å². The first kappa shape index (κ1) is 19.9. The van der Waals surface area contributed by atoms with Crippen molar-refractivity contribution >= 4 is 17.4 Å². The third kappa shape index (κ3) is 5.81. The number of anilines is 2. The number of nitrogens with zero attached hydrogens (tertiary/aromatic N) is 3. The van der Waals surface area contributed by atoms with Crippen LogP contribution in [-0.2, 0) is 4.79 Å². The number of ether oxygens (including phenoxy) is 1. The second-order valence-electron chi connectivity index (χ2n) is 6.20. The van der Waals surface area contributed by atoms with Crippen LogP contribution in [0.5, 0.6) is 5.75 Å². The van der Waals surface area contributed by atoms with E-state index in [2.05, 4.69) is 15.0 Å². The maximum atomic E-state index is 13.2. The second kappa shape index (κ2) is 8.42. The Labute approximate surface area is 158 Å². The lowest BCUT2D eigenvalue weighted by Crippen LogP contribution is -2.49. The topological polar surface area (TPSA) is 57.7 Å². The van der Waals surface area contributed by atoms with Crippen molar-refractivity contribution in [2.24, 2.45) is 0 Å². The van der Waals surface area contributed by atoms with Crippen molar-refractivity contribution in [2.45, 2.75) is 6.36 Å². The minimum atomic E-state index is -4.76. The Morgan fingerprint density at radius 1 is 1.07 bits per heavy atom. The molecular formula is C18H18F4N4O2. The lowest BCUT2D eigenvalue weighted by atomic mass is 10.2. The quantitative estimate of drug-likeness (QED) is 0.620. The first-order valence-corrected chi connectivity index (χ1v) is 8.54. The van der Waals surface area contributed by atoms with Crippen molar-refractivity contribution in [1.29, 1.82) is 0 Å². The van der Waals surface area contributed by atoms with Gasteiger partial charge in [-0.05, 0) is 36.4 Å². The molecule has 0 spiro atoms. The minimum absolute atomic E-state index is 0.144. The van der Waals surface area contributed by atoms with Gasteiger partial charge < -0.3 is 15.0 Å². The molecule has 2 aromatic rings. The number of alkyl halides is 3. The van der Waals surface area contributed by atoms with Crippen LogP contribution in [0.1, 0.15) is 0 Å². The normalized spacial score (nSPS) is 15.4. The van der Waals surface area contributed by atoms with Crippen molar-refractivity contribution in [2.75, 3.05) is 42.9 Å². The van der Waals surface area contributed by atoms with Gasteiger partial charge in [-0.15, -0.1) is 13.2 Å². The number of piperazine rings is 1. The summed E-state index contributed by atoms with van der Waals surface area (Å²) in [6.45, 7) is 2.56. The van der Waals surface area contributed by atoms with Gasteiger partial charge in [0, 0.05) is 31.9 Å². The average Bonchev–Trinajstić information content (AvgIpc) is 2.63. The Morgan fingerprint density at radius 3 is 2.36 bits per heavy atom. The molecule has 0 unspecified atom stereocenters. The average molecular weight is 398 g/mol. The van der Waals surface area contributed by atoms with Crippen molar-refractivity contribution in [3.05, 3.63) is 48.4 Å². The van der Waals surface area contributed by atoms with E-state index in [1.54, 1.807) is 12.1 Å². The van der Waals surface area contributed by atoms with E-state index >= 15 is 0 Å². The number of rotatable bonds is 5. The highest BCUT2D eigenvalue weighted by atomic mass is 19.4. The summed E-state index contributed by atoms with van der Waals surface area (Å²) in [6.07, 6.45) is -4.76. The molecule has 1 aromatic heterocycles. The summed E-state index contributed by atoms with van der Waals surface area (Å²) in [5, 5.41) is 2.64. The molecule has 1 aromatic carbocycles. The number of halogens is 4. The number of hydrogen-bond acceptors (Lipinski definition) is 5. The largest absolute Gasteiger partial charge is 0.573 e. The molecule has 28 heavy (non-hydrogen) atoms. The summed E-state index contributed by atoms with van der Waals surface area (Å²) in [4.78, 5) is 19.9. The molecule has 1 saturated heterocycles. The van der Waals surface area contributed by atoms with E-state index < -0.39 is 12.3 Å². The van der Waals surface area contributed by atoms with Gasteiger partial charge in [-0.2, -0.15) is 4.39 Å². The van der Waals surface area contributed by atoms with Gasteiger partial charge >= 0.3 is 6.36 Å². The first-order valence-electron chi connectivity index (χ1n) is 8.54. The van der Waals surface area contributed by atoms with Gasteiger partial charge in [-0.1, -0.05) is 6.07 Å². The fourth-order valence-electron chi connectivity index (χ4n) is 2.85. The Morgan fingerprint density at radius 2 is 1.75 bits per heavy atom. The fraction of sp³-hybridized carbons (Fsp3) is 0.333. The summed E-state index contributed by atoms with van der Waals surface area (Å²) >= 11 is 0. The predicted molar refractivity (Wildman–Crippen MR) is 94.6 cm³/mol. The monoisotopic (exact) mass is 398 g/mol.